The Morgan fingerprint density at radius 1 is 0.971 bits per heavy atom. The Morgan fingerprint density at radius 3 is 2.35 bits per heavy atom. The van der Waals surface area contributed by atoms with Crippen LogP contribution in [0.15, 0.2) is 84.0 Å². The molecule has 9 heteroatoms. The highest BCUT2D eigenvalue weighted by Crippen LogP contribution is 2.29. The van der Waals surface area contributed by atoms with E-state index < -0.39 is 5.97 Å². The van der Waals surface area contributed by atoms with Gasteiger partial charge in [0.15, 0.2) is 11.0 Å². The second kappa shape index (κ2) is 10.3. The monoisotopic (exact) mass is 476 g/mol. The van der Waals surface area contributed by atoms with Crippen LogP contribution in [0.2, 0.25) is 0 Å². The molecule has 0 saturated heterocycles. The summed E-state index contributed by atoms with van der Waals surface area (Å²) in [6.07, 6.45) is 0. The summed E-state index contributed by atoms with van der Waals surface area (Å²) in [5.41, 5.74) is 2.25. The number of halogens is 1. The number of nitrogens with zero attached hydrogens (tertiary/aromatic N) is 4. The molecule has 0 aliphatic carbocycles. The molecular formula is C25H21FN4O3S. The molecule has 0 radical (unpaired) electrons. The fraction of sp³-hybridized carbons (Fsp3) is 0.120. The maximum Gasteiger partial charge on any atom is 0.339 e. The Labute approximate surface area is 200 Å². The first-order chi connectivity index (χ1) is 16.5. The van der Waals surface area contributed by atoms with Gasteiger partial charge in [0.2, 0.25) is 5.91 Å². The molecule has 0 atom stereocenters. The van der Waals surface area contributed by atoms with Crippen LogP contribution >= 0.6 is 11.8 Å². The number of hydrogen-bond acceptors (Lipinski definition) is 6. The average Bonchev–Trinajstić information content (AvgIpc) is 3.31. The number of carbonyl (C=O) groups is 2. The number of amides is 1. The van der Waals surface area contributed by atoms with Crippen LogP contribution in [0, 0.1) is 5.82 Å². The zero-order valence-corrected chi connectivity index (χ0v) is 19.3. The molecule has 0 unspecified atom stereocenters. The molecule has 4 aromatic rings. The van der Waals surface area contributed by atoms with E-state index in [1.807, 2.05) is 30.3 Å². The minimum Gasteiger partial charge on any atom is -0.465 e. The lowest BCUT2D eigenvalue weighted by molar-refractivity contribution is -0.115. The van der Waals surface area contributed by atoms with Crippen molar-refractivity contribution in [2.75, 3.05) is 24.8 Å². The fourth-order valence-electron chi connectivity index (χ4n) is 3.37. The van der Waals surface area contributed by atoms with E-state index in [1.54, 1.807) is 48.0 Å². The zero-order chi connectivity index (χ0) is 24.1. The third-order valence-corrected chi connectivity index (χ3v) is 6.03. The van der Waals surface area contributed by atoms with Crippen LogP contribution in [0.25, 0.3) is 17.1 Å². The normalized spacial score (nSPS) is 10.7. The van der Waals surface area contributed by atoms with Crippen LogP contribution in [-0.2, 0) is 9.53 Å². The molecule has 0 aliphatic heterocycles. The van der Waals surface area contributed by atoms with Crippen molar-refractivity contribution in [2.24, 2.45) is 0 Å². The summed E-state index contributed by atoms with van der Waals surface area (Å²) in [5, 5.41) is 9.10. The summed E-state index contributed by atoms with van der Waals surface area (Å²) in [6.45, 7) is 0. The summed E-state index contributed by atoms with van der Waals surface area (Å²) in [5.74, 6) is -0.497. The zero-order valence-electron chi connectivity index (χ0n) is 18.5. The number of carbonyl (C=O) groups excluding carboxylic acids is 2. The summed E-state index contributed by atoms with van der Waals surface area (Å²) < 4.78 is 20.2. The van der Waals surface area contributed by atoms with Crippen molar-refractivity contribution in [3.63, 3.8) is 0 Å². The fourth-order valence-corrected chi connectivity index (χ4v) is 4.23. The lowest BCUT2D eigenvalue weighted by Gasteiger charge is -2.19. The van der Waals surface area contributed by atoms with Gasteiger partial charge in [-0.1, -0.05) is 54.2 Å². The molecule has 0 N–H and O–H groups in total. The molecule has 0 spiro atoms. The van der Waals surface area contributed by atoms with Gasteiger partial charge in [0, 0.05) is 18.3 Å². The van der Waals surface area contributed by atoms with Crippen molar-refractivity contribution in [1.29, 1.82) is 0 Å². The number of para-hydroxylation sites is 1. The molecule has 1 heterocycles. The minimum atomic E-state index is -0.522. The van der Waals surface area contributed by atoms with Crippen molar-refractivity contribution in [3.8, 4) is 17.1 Å². The van der Waals surface area contributed by atoms with E-state index in [0.29, 0.717) is 27.9 Å². The Kier molecular flexibility index (Phi) is 7.03. The first-order valence-corrected chi connectivity index (χ1v) is 11.3. The van der Waals surface area contributed by atoms with Crippen molar-refractivity contribution < 1.29 is 18.7 Å². The van der Waals surface area contributed by atoms with Crippen LogP contribution in [0.5, 0.6) is 0 Å². The molecule has 0 saturated carbocycles. The van der Waals surface area contributed by atoms with Gasteiger partial charge in [0.1, 0.15) is 5.82 Å². The standard InChI is InChI=1S/C25H21FN4O3S/c1-29(21-11-7-6-10-20(21)24(32)33-2)22(31)16-34-25-28-27-23(17-8-4-3-5-9-17)30(25)19-14-12-18(26)13-15-19/h3-15H,16H2,1-2H3. The van der Waals surface area contributed by atoms with Crippen LogP contribution in [0.3, 0.4) is 0 Å². The Morgan fingerprint density at radius 2 is 1.65 bits per heavy atom. The van der Waals surface area contributed by atoms with Crippen LogP contribution in [0.1, 0.15) is 10.4 Å². The molecule has 1 amide bonds. The number of esters is 1. The summed E-state index contributed by atoms with van der Waals surface area (Å²) in [4.78, 5) is 26.5. The van der Waals surface area contributed by atoms with E-state index in [0.717, 1.165) is 5.56 Å². The van der Waals surface area contributed by atoms with Crippen LogP contribution in [0.4, 0.5) is 10.1 Å². The first-order valence-electron chi connectivity index (χ1n) is 10.3. The van der Waals surface area contributed by atoms with Gasteiger partial charge in [0.05, 0.1) is 24.1 Å². The number of anilines is 1. The second-order valence-corrected chi connectivity index (χ2v) is 8.18. The molecule has 1 aromatic heterocycles. The summed E-state index contributed by atoms with van der Waals surface area (Å²) in [6, 6.07) is 22.2. The minimum absolute atomic E-state index is 0.0418. The van der Waals surface area contributed by atoms with Gasteiger partial charge in [-0.2, -0.15) is 0 Å². The maximum absolute atomic E-state index is 13.5. The maximum atomic E-state index is 13.5. The van der Waals surface area contributed by atoms with Crippen LogP contribution < -0.4 is 4.90 Å². The largest absolute Gasteiger partial charge is 0.465 e. The van der Waals surface area contributed by atoms with Gasteiger partial charge in [-0.3, -0.25) is 9.36 Å². The van der Waals surface area contributed by atoms with Crippen molar-refractivity contribution >= 4 is 29.3 Å². The van der Waals surface area contributed by atoms with E-state index >= 15 is 0 Å². The Balaban J connectivity index is 1.61. The van der Waals surface area contributed by atoms with Crippen molar-refractivity contribution in [2.45, 2.75) is 5.16 Å². The predicted molar refractivity (Wildman–Crippen MR) is 129 cm³/mol. The van der Waals surface area contributed by atoms with E-state index in [9.17, 15) is 14.0 Å². The molecule has 172 valence electrons. The quantitative estimate of drug-likeness (QED) is 0.286. The number of thioether (sulfide) groups is 1. The van der Waals surface area contributed by atoms with Gasteiger partial charge in [-0.15, -0.1) is 10.2 Å². The number of benzene rings is 3. The van der Waals surface area contributed by atoms with Gasteiger partial charge in [-0.05, 0) is 36.4 Å². The smallest absolute Gasteiger partial charge is 0.339 e. The van der Waals surface area contributed by atoms with Crippen molar-refractivity contribution in [1.82, 2.24) is 14.8 Å². The molecule has 4 rings (SSSR count). The Hall–Kier alpha value is -3.98. The van der Waals surface area contributed by atoms with Gasteiger partial charge in [0.25, 0.3) is 0 Å². The SMILES string of the molecule is COC(=O)c1ccccc1N(C)C(=O)CSc1nnc(-c2ccccc2)n1-c1ccc(F)cc1. The number of rotatable bonds is 7. The number of hydrogen-bond donors (Lipinski definition) is 0. The van der Waals surface area contributed by atoms with Crippen LogP contribution in [-0.4, -0.2) is 46.6 Å². The van der Waals surface area contributed by atoms with Gasteiger partial charge < -0.3 is 9.64 Å². The first kappa shape index (κ1) is 23.2. The number of methoxy groups -OCH3 is 1. The van der Waals surface area contributed by atoms with E-state index in [2.05, 4.69) is 10.2 Å². The predicted octanol–water partition coefficient (Wildman–Crippen LogP) is 4.62. The highest BCUT2D eigenvalue weighted by molar-refractivity contribution is 7.99. The molecular weight excluding hydrogens is 455 g/mol. The van der Waals surface area contributed by atoms with E-state index in [-0.39, 0.29) is 17.5 Å². The Bertz CT molecular complexity index is 1310. The molecule has 3 aromatic carbocycles. The van der Waals surface area contributed by atoms with Gasteiger partial charge in [-0.25, -0.2) is 9.18 Å². The summed E-state index contributed by atoms with van der Waals surface area (Å²) >= 11 is 1.20. The van der Waals surface area contributed by atoms with E-state index in [1.165, 1.54) is 35.9 Å². The van der Waals surface area contributed by atoms with Gasteiger partial charge >= 0.3 is 5.97 Å². The molecule has 0 aliphatic rings. The highest BCUT2D eigenvalue weighted by atomic mass is 32.2. The number of aromatic nitrogens is 3. The third kappa shape index (κ3) is 4.84. The molecule has 0 fully saturated rings. The third-order valence-electron chi connectivity index (χ3n) is 5.12. The number of ether oxygens (including phenoxy) is 1. The topological polar surface area (TPSA) is 77.3 Å². The lowest BCUT2D eigenvalue weighted by Crippen LogP contribution is -2.29. The lowest BCUT2D eigenvalue weighted by atomic mass is 10.1. The average molecular weight is 477 g/mol. The van der Waals surface area contributed by atoms with E-state index in [4.69, 9.17) is 4.74 Å². The second-order valence-electron chi connectivity index (χ2n) is 7.23. The molecule has 34 heavy (non-hydrogen) atoms. The highest BCUT2D eigenvalue weighted by Gasteiger charge is 2.21. The van der Waals surface area contributed by atoms with Crippen molar-refractivity contribution in [3.05, 3.63) is 90.2 Å². The molecule has 0 bridgehead atoms. The molecule has 7 nitrogen and oxygen atoms in total. The summed E-state index contributed by atoms with van der Waals surface area (Å²) in [7, 11) is 2.90.